The molecule has 2 aromatic rings. The SMILES string of the molecule is CO[C@H]1C[C@@H](CO)N(C(=O)c2cncc(-c3ccc(C)cc3)c2)C1. The Morgan fingerprint density at radius 2 is 2.04 bits per heavy atom. The number of aliphatic hydroxyl groups excluding tert-OH is 1. The monoisotopic (exact) mass is 326 g/mol. The van der Waals surface area contributed by atoms with Gasteiger partial charge in [0.05, 0.1) is 24.3 Å². The van der Waals surface area contributed by atoms with Crippen molar-refractivity contribution in [2.45, 2.75) is 25.5 Å². The Morgan fingerprint density at radius 1 is 1.29 bits per heavy atom. The van der Waals surface area contributed by atoms with Crippen molar-refractivity contribution in [1.29, 1.82) is 0 Å². The Bertz CT molecular complexity index is 715. The van der Waals surface area contributed by atoms with Crippen LogP contribution in [0.25, 0.3) is 11.1 Å². The summed E-state index contributed by atoms with van der Waals surface area (Å²) in [7, 11) is 1.63. The lowest BCUT2D eigenvalue weighted by atomic mass is 10.0. The summed E-state index contributed by atoms with van der Waals surface area (Å²) >= 11 is 0. The molecule has 1 aliphatic heterocycles. The smallest absolute Gasteiger partial charge is 0.255 e. The number of rotatable bonds is 4. The third-order valence-corrected chi connectivity index (χ3v) is 4.55. The van der Waals surface area contributed by atoms with Crippen LogP contribution in [0, 0.1) is 6.92 Å². The van der Waals surface area contributed by atoms with Crippen LogP contribution in [0.2, 0.25) is 0 Å². The quantitative estimate of drug-likeness (QED) is 0.936. The largest absolute Gasteiger partial charge is 0.394 e. The summed E-state index contributed by atoms with van der Waals surface area (Å²) in [4.78, 5) is 18.7. The Hall–Kier alpha value is -2.24. The number of ether oxygens (including phenoxy) is 1. The van der Waals surface area contributed by atoms with Gasteiger partial charge in [-0.15, -0.1) is 0 Å². The van der Waals surface area contributed by atoms with E-state index in [4.69, 9.17) is 4.74 Å². The molecule has 1 N–H and O–H groups in total. The minimum Gasteiger partial charge on any atom is -0.394 e. The highest BCUT2D eigenvalue weighted by molar-refractivity contribution is 5.95. The summed E-state index contributed by atoms with van der Waals surface area (Å²) in [6, 6.07) is 9.77. The topological polar surface area (TPSA) is 62.7 Å². The van der Waals surface area contributed by atoms with E-state index in [0.29, 0.717) is 18.5 Å². The number of aryl methyl sites for hydroxylation is 1. The molecule has 2 atom stereocenters. The summed E-state index contributed by atoms with van der Waals surface area (Å²) < 4.78 is 5.34. The van der Waals surface area contributed by atoms with Gasteiger partial charge in [0.25, 0.3) is 5.91 Å². The molecule has 1 fully saturated rings. The molecule has 0 unspecified atom stereocenters. The zero-order valence-electron chi connectivity index (χ0n) is 14.0. The van der Waals surface area contributed by atoms with E-state index in [1.807, 2.05) is 37.3 Å². The third kappa shape index (κ3) is 3.32. The zero-order valence-corrected chi connectivity index (χ0v) is 14.0. The van der Waals surface area contributed by atoms with Crippen molar-refractivity contribution in [2.24, 2.45) is 0 Å². The molecule has 1 aliphatic rings. The average Bonchev–Trinajstić information content (AvgIpc) is 3.05. The predicted octanol–water partition coefficient (Wildman–Crippen LogP) is 2.28. The van der Waals surface area contributed by atoms with E-state index < -0.39 is 0 Å². The van der Waals surface area contributed by atoms with Gasteiger partial charge in [-0.3, -0.25) is 9.78 Å². The van der Waals surface area contributed by atoms with Gasteiger partial charge in [-0.1, -0.05) is 29.8 Å². The molecule has 1 aromatic carbocycles. The molecule has 5 nitrogen and oxygen atoms in total. The van der Waals surface area contributed by atoms with Crippen LogP contribution in [0.4, 0.5) is 0 Å². The molecule has 5 heteroatoms. The minimum absolute atomic E-state index is 0.0284. The molecule has 0 bridgehead atoms. The number of aromatic nitrogens is 1. The number of methoxy groups -OCH3 is 1. The maximum Gasteiger partial charge on any atom is 0.255 e. The first-order chi connectivity index (χ1) is 11.6. The number of benzene rings is 1. The molecule has 0 radical (unpaired) electrons. The van der Waals surface area contributed by atoms with E-state index in [-0.39, 0.29) is 24.7 Å². The molecule has 24 heavy (non-hydrogen) atoms. The summed E-state index contributed by atoms with van der Waals surface area (Å²) in [5.41, 5.74) is 3.65. The van der Waals surface area contributed by atoms with Gasteiger partial charge < -0.3 is 14.7 Å². The van der Waals surface area contributed by atoms with Crippen molar-refractivity contribution in [3.63, 3.8) is 0 Å². The Balaban J connectivity index is 1.85. The normalized spacial score (nSPS) is 20.4. The molecular weight excluding hydrogens is 304 g/mol. The molecule has 0 spiro atoms. The molecule has 2 heterocycles. The van der Waals surface area contributed by atoms with Crippen molar-refractivity contribution in [2.75, 3.05) is 20.3 Å². The number of amides is 1. The first kappa shape index (κ1) is 16.6. The number of hydrogen-bond donors (Lipinski definition) is 1. The lowest BCUT2D eigenvalue weighted by molar-refractivity contribution is 0.0647. The van der Waals surface area contributed by atoms with Gasteiger partial charge in [0.15, 0.2) is 0 Å². The van der Waals surface area contributed by atoms with Crippen molar-refractivity contribution < 1.29 is 14.6 Å². The van der Waals surface area contributed by atoms with Gasteiger partial charge in [-0.2, -0.15) is 0 Å². The summed E-state index contributed by atoms with van der Waals surface area (Å²) in [5, 5.41) is 9.54. The molecule has 3 rings (SSSR count). The lowest BCUT2D eigenvalue weighted by Crippen LogP contribution is -2.38. The minimum atomic E-state index is -0.203. The zero-order chi connectivity index (χ0) is 17.1. The second kappa shape index (κ2) is 7.11. The highest BCUT2D eigenvalue weighted by Gasteiger charge is 2.35. The van der Waals surface area contributed by atoms with Gasteiger partial charge in [0, 0.05) is 31.6 Å². The maximum absolute atomic E-state index is 12.8. The number of carbonyl (C=O) groups excluding carboxylic acids is 1. The van der Waals surface area contributed by atoms with E-state index in [1.54, 1.807) is 24.4 Å². The van der Waals surface area contributed by atoms with Gasteiger partial charge in [-0.25, -0.2) is 0 Å². The van der Waals surface area contributed by atoms with Crippen LogP contribution < -0.4 is 0 Å². The molecule has 1 aromatic heterocycles. The summed E-state index contributed by atoms with van der Waals surface area (Å²) in [6.45, 7) is 2.47. The van der Waals surface area contributed by atoms with Crippen molar-refractivity contribution in [3.05, 3.63) is 53.9 Å². The molecule has 1 saturated heterocycles. The maximum atomic E-state index is 12.8. The Morgan fingerprint density at radius 3 is 2.71 bits per heavy atom. The van der Waals surface area contributed by atoms with Gasteiger partial charge in [0.1, 0.15) is 0 Å². The van der Waals surface area contributed by atoms with Crippen molar-refractivity contribution in [3.8, 4) is 11.1 Å². The van der Waals surface area contributed by atoms with E-state index in [0.717, 1.165) is 11.1 Å². The lowest BCUT2D eigenvalue weighted by Gasteiger charge is -2.22. The molecule has 1 amide bonds. The second-order valence-corrected chi connectivity index (χ2v) is 6.22. The third-order valence-electron chi connectivity index (χ3n) is 4.55. The standard InChI is InChI=1S/C19H22N2O3/c1-13-3-5-14(6-4-13)15-7-16(10-20-9-15)19(23)21-11-18(24-2)8-17(21)12-22/h3-7,9-10,17-18,22H,8,11-12H2,1-2H3/t17-,18-/m0/s1. The van der Waals surface area contributed by atoms with Gasteiger partial charge >= 0.3 is 0 Å². The highest BCUT2D eigenvalue weighted by Crippen LogP contribution is 2.24. The van der Waals surface area contributed by atoms with Gasteiger partial charge in [0.2, 0.25) is 0 Å². The molecule has 0 aliphatic carbocycles. The van der Waals surface area contributed by atoms with E-state index in [2.05, 4.69) is 4.98 Å². The van der Waals surface area contributed by atoms with Crippen LogP contribution in [0.5, 0.6) is 0 Å². The van der Waals surface area contributed by atoms with Crippen LogP contribution in [0.15, 0.2) is 42.7 Å². The predicted molar refractivity (Wildman–Crippen MR) is 91.7 cm³/mol. The number of hydrogen-bond acceptors (Lipinski definition) is 4. The number of carbonyl (C=O) groups is 1. The average molecular weight is 326 g/mol. The fourth-order valence-electron chi connectivity index (χ4n) is 3.09. The van der Waals surface area contributed by atoms with Crippen LogP contribution in [0.1, 0.15) is 22.3 Å². The first-order valence-electron chi connectivity index (χ1n) is 8.09. The fraction of sp³-hybridized carbons (Fsp3) is 0.368. The summed E-state index contributed by atoms with van der Waals surface area (Å²) in [5.74, 6) is -0.116. The summed E-state index contributed by atoms with van der Waals surface area (Å²) in [6.07, 6.45) is 3.96. The van der Waals surface area contributed by atoms with E-state index >= 15 is 0 Å². The fourth-order valence-corrected chi connectivity index (χ4v) is 3.09. The second-order valence-electron chi connectivity index (χ2n) is 6.22. The number of aliphatic hydroxyl groups is 1. The molecular formula is C19H22N2O3. The number of nitrogens with zero attached hydrogens (tertiary/aromatic N) is 2. The number of pyridine rings is 1. The van der Waals surface area contributed by atoms with Crippen molar-refractivity contribution >= 4 is 5.91 Å². The van der Waals surface area contributed by atoms with Gasteiger partial charge in [-0.05, 0) is 25.0 Å². The number of likely N-dealkylation sites (tertiary alicyclic amines) is 1. The van der Waals surface area contributed by atoms with Crippen LogP contribution >= 0.6 is 0 Å². The van der Waals surface area contributed by atoms with E-state index in [9.17, 15) is 9.90 Å². The van der Waals surface area contributed by atoms with E-state index in [1.165, 1.54) is 5.56 Å². The highest BCUT2D eigenvalue weighted by atomic mass is 16.5. The van der Waals surface area contributed by atoms with Crippen LogP contribution in [0.3, 0.4) is 0 Å². The Labute approximate surface area is 141 Å². The van der Waals surface area contributed by atoms with Crippen LogP contribution in [-0.2, 0) is 4.74 Å². The van der Waals surface area contributed by atoms with Crippen LogP contribution in [-0.4, -0.2) is 53.3 Å². The molecule has 0 saturated carbocycles. The Kier molecular flexibility index (Phi) is 4.92. The van der Waals surface area contributed by atoms with Crippen molar-refractivity contribution in [1.82, 2.24) is 9.88 Å². The molecule has 126 valence electrons. The first-order valence-corrected chi connectivity index (χ1v) is 8.09.